The first kappa shape index (κ1) is 12.1. The lowest BCUT2D eigenvalue weighted by molar-refractivity contribution is 0.172. The molecule has 0 saturated heterocycles. The highest BCUT2D eigenvalue weighted by atomic mass is 16.5. The molecule has 3 nitrogen and oxygen atoms in total. The van der Waals surface area contributed by atoms with Gasteiger partial charge >= 0.3 is 0 Å². The molecule has 0 spiro atoms. The average molecular weight is 208 g/mol. The van der Waals surface area contributed by atoms with E-state index in [1.54, 1.807) is 7.11 Å². The van der Waals surface area contributed by atoms with Gasteiger partial charge in [0.2, 0.25) is 0 Å². The molecule has 0 aromatic carbocycles. The highest BCUT2D eigenvalue weighted by molar-refractivity contribution is 5.21. The second-order valence-corrected chi connectivity index (χ2v) is 3.86. The zero-order chi connectivity index (χ0) is 11.1. The van der Waals surface area contributed by atoms with Crippen molar-refractivity contribution in [1.29, 1.82) is 0 Å². The number of aromatic nitrogens is 1. The molecular weight excluding hydrogens is 188 g/mol. The number of ether oxygens (including phenoxy) is 1. The fourth-order valence-corrected chi connectivity index (χ4v) is 1.54. The highest BCUT2D eigenvalue weighted by Crippen LogP contribution is 2.04. The van der Waals surface area contributed by atoms with Gasteiger partial charge in [-0.25, -0.2) is 0 Å². The predicted octanol–water partition coefficient (Wildman–Crippen LogP) is 1.56. The molecule has 0 bridgehead atoms. The Labute approximate surface area is 91.9 Å². The molecule has 1 unspecified atom stereocenters. The van der Waals surface area contributed by atoms with Crippen LogP contribution in [0.4, 0.5) is 0 Å². The van der Waals surface area contributed by atoms with Gasteiger partial charge in [0.15, 0.2) is 0 Å². The van der Waals surface area contributed by atoms with Crippen LogP contribution in [0.3, 0.4) is 0 Å². The van der Waals surface area contributed by atoms with Crippen molar-refractivity contribution in [2.75, 3.05) is 20.3 Å². The molecule has 1 aromatic heterocycles. The third kappa shape index (κ3) is 4.40. The largest absolute Gasteiger partial charge is 0.383 e. The van der Waals surface area contributed by atoms with Crippen molar-refractivity contribution < 1.29 is 4.74 Å². The van der Waals surface area contributed by atoms with E-state index in [1.165, 1.54) is 11.1 Å². The monoisotopic (exact) mass is 208 g/mol. The maximum atomic E-state index is 5.06. The first-order chi connectivity index (χ1) is 7.24. The van der Waals surface area contributed by atoms with Crippen LogP contribution in [0.5, 0.6) is 0 Å². The molecule has 1 aromatic rings. The van der Waals surface area contributed by atoms with Crippen molar-refractivity contribution in [2.24, 2.45) is 0 Å². The molecule has 15 heavy (non-hydrogen) atoms. The van der Waals surface area contributed by atoms with E-state index in [2.05, 4.69) is 30.2 Å². The number of hydrogen-bond donors (Lipinski definition) is 1. The van der Waals surface area contributed by atoms with Crippen LogP contribution in [0.1, 0.15) is 18.1 Å². The van der Waals surface area contributed by atoms with Gasteiger partial charge in [-0.3, -0.25) is 4.98 Å². The summed E-state index contributed by atoms with van der Waals surface area (Å²) in [6, 6.07) is 2.50. The summed E-state index contributed by atoms with van der Waals surface area (Å²) >= 11 is 0. The topological polar surface area (TPSA) is 34.1 Å². The maximum absolute atomic E-state index is 5.06. The fraction of sp³-hybridized carbons (Fsp3) is 0.583. The summed E-state index contributed by atoms with van der Waals surface area (Å²) in [5.74, 6) is 0. The van der Waals surface area contributed by atoms with Gasteiger partial charge in [0.25, 0.3) is 0 Å². The van der Waals surface area contributed by atoms with Crippen LogP contribution in [-0.2, 0) is 11.2 Å². The molecule has 0 aliphatic rings. The summed E-state index contributed by atoms with van der Waals surface area (Å²) in [5, 5.41) is 3.41. The molecule has 0 aliphatic carbocycles. The normalized spacial score (nSPS) is 12.7. The van der Waals surface area contributed by atoms with Gasteiger partial charge in [0.05, 0.1) is 6.61 Å². The number of nitrogens with one attached hydrogen (secondary N) is 1. The minimum Gasteiger partial charge on any atom is -0.383 e. The van der Waals surface area contributed by atoms with E-state index in [9.17, 15) is 0 Å². The third-order valence-electron chi connectivity index (χ3n) is 2.44. The van der Waals surface area contributed by atoms with Crippen molar-refractivity contribution in [2.45, 2.75) is 26.3 Å². The lowest BCUT2D eigenvalue weighted by atomic mass is 10.1. The Morgan fingerprint density at radius 1 is 1.53 bits per heavy atom. The van der Waals surface area contributed by atoms with Crippen LogP contribution >= 0.6 is 0 Å². The molecule has 0 aliphatic heterocycles. The number of pyridine rings is 1. The lowest BCUT2D eigenvalue weighted by Gasteiger charge is -2.12. The van der Waals surface area contributed by atoms with Crippen molar-refractivity contribution >= 4 is 0 Å². The Hall–Kier alpha value is -0.930. The van der Waals surface area contributed by atoms with Gasteiger partial charge in [-0.05, 0) is 44.0 Å². The van der Waals surface area contributed by atoms with E-state index in [4.69, 9.17) is 4.74 Å². The van der Waals surface area contributed by atoms with Crippen LogP contribution in [0.25, 0.3) is 0 Å². The SMILES string of the molecule is COCC(C)NCCc1ccncc1C. The van der Waals surface area contributed by atoms with E-state index < -0.39 is 0 Å². The Bertz CT molecular complexity index is 289. The smallest absolute Gasteiger partial charge is 0.0613 e. The van der Waals surface area contributed by atoms with Gasteiger partial charge in [-0.2, -0.15) is 0 Å². The maximum Gasteiger partial charge on any atom is 0.0613 e. The van der Waals surface area contributed by atoms with E-state index in [1.807, 2.05) is 12.4 Å². The summed E-state index contributed by atoms with van der Waals surface area (Å²) in [5.41, 5.74) is 2.63. The van der Waals surface area contributed by atoms with Crippen LogP contribution in [0.2, 0.25) is 0 Å². The first-order valence-electron chi connectivity index (χ1n) is 5.36. The number of hydrogen-bond acceptors (Lipinski definition) is 3. The summed E-state index contributed by atoms with van der Waals surface area (Å²) in [4.78, 5) is 4.08. The number of rotatable bonds is 6. The zero-order valence-corrected chi connectivity index (χ0v) is 9.79. The van der Waals surface area contributed by atoms with Gasteiger partial charge in [0.1, 0.15) is 0 Å². The summed E-state index contributed by atoms with van der Waals surface area (Å²) in [7, 11) is 1.73. The molecule has 0 saturated carbocycles. The Morgan fingerprint density at radius 2 is 2.33 bits per heavy atom. The minimum atomic E-state index is 0.414. The van der Waals surface area contributed by atoms with Gasteiger partial charge < -0.3 is 10.1 Å². The number of methoxy groups -OCH3 is 1. The standard InChI is InChI=1S/C12H20N2O/c1-10-8-13-6-4-12(10)5-7-14-11(2)9-15-3/h4,6,8,11,14H,5,7,9H2,1-3H3. The quantitative estimate of drug-likeness (QED) is 0.770. The van der Waals surface area contributed by atoms with Crippen molar-refractivity contribution in [3.8, 4) is 0 Å². The molecule has 1 atom stereocenters. The second-order valence-electron chi connectivity index (χ2n) is 3.86. The first-order valence-corrected chi connectivity index (χ1v) is 5.36. The predicted molar refractivity (Wildman–Crippen MR) is 62.0 cm³/mol. The summed E-state index contributed by atoms with van der Waals surface area (Å²) < 4.78 is 5.06. The van der Waals surface area contributed by atoms with E-state index in [-0.39, 0.29) is 0 Å². The van der Waals surface area contributed by atoms with Gasteiger partial charge in [0, 0.05) is 25.5 Å². The van der Waals surface area contributed by atoms with E-state index in [0.29, 0.717) is 6.04 Å². The number of nitrogens with zero attached hydrogens (tertiary/aromatic N) is 1. The Morgan fingerprint density at radius 3 is 3.00 bits per heavy atom. The van der Waals surface area contributed by atoms with Crippen LogP contribution in [0, 0.1) is 6.92 Å². The van der Waals surface area contributed by atoms with Crippen LogP contribution in [0.15, 0.2) is 18.5 Å². The van der Waals surface area contributed by atoms with Crippen molar-refractivity contribution in [3.63, 3.8) is 0 Å². The van der Waals surface area contributed by atoms with Crippen LogP contribution < -0.4 is 5.32 Å². The second kappa shape index (κ2) is 6.53. The average Bonchev–Trinajstić information content (AvgIpc) is 2.21. The molecule has 84 valence electrons. The molecular formula is C12H20N2O. The van der Waals surface area contributed by atoms with Gasteiger partial charge in [-0.1, -0.05) is 0 Å². The van der Waals surface area contributed by atoms with Crippen molar-refractivity contribution in [3.05, 3.63) is 29.6 Å². The van der Waals surface area contributed by atoms with E-state index >= 15 is 0 Å². The summed E-state index contributed by atoms with van der Waals surface area (Å²) in [6.07, 6.45) is 4.80. The molecule has 0 amide bonds. The molecule has 1 heterocycles. The van der Waals surface area contributed by atoms with Gasteiger partial charge in [-0.15, -0.1) is 0 Å². The Balaban J connectivity index is 2.29. The zero-order valence-electron chi connectivity index (χ0n) is 9.79. The van der Waals surface area contributed by atoms with Crippen molar-refractivity contribution in [1.82, 2.24) is 10.3 Å². The number of aryl methyl sites for hydroxylation is 1. The van der Waals surface area contributed by atoms with E-state index in [0.717, 1.165) is 19.6 Å². The lowest BCUT2D eigenvalue weighted by Crippen LogP contribution is -2.31. The minimum absolute atomic E-state index is 0.414. The summed E-state index contributed by atoms with van der Waals surface area (Å²) in [6.45, 7) is 5.97. The molecule has 0 radical (unpaired) electrons. The molecule has 3 heteroatoms. The molecule has 1 N–H and O–H groups in total. The highest BCUT2D eigenvalue weighted by Gasteiger charge is 2.01. The third-order valence-corrected chi connectivity index (χ3v) is 2.44. The fourth-order valence-electron chi connectivity index (χ4n) is 1.54. The Kier molecular flexibility index (Phi) is 5.29. The molecule has 1 rings (SSSR count). The molecule has 0 fully saturated rings. The van der Waals surface area contributed by atoms with Crippen LogP contribution in [-0.4, -0.2) is 31.3 Å².